The van der Waals surface area contributed by atoms with Gasteiger partial charge < -0.3 is 14.6 Å². The lowest BCUT2D eigenvalue weighted by Gasteiger charge is -2.15. The van der Waals surface area contributed by atoms with Crippen molar-refractivity contribution in [3.05, 3.63) is 35.9 Å². The van der Waals surface area contributed by atoms with E-state index in [0.717, 1.165) is 5.56 Å². The molecule has 88 valence electrons. The van der Waals surface area contributed by atoms with Crippen molar-refractivity contribution in [2.45, 2.75) is 12.8 Å². The van der Waals surface area contributed by atoms with Gasteiger partial charge in [-0.1, -0.05) is 30.3 Å². The van der Waals surface area contributed by atoms with Gasteiger partial charge in [-0.25, -0.2) is 4.79 Å². The standard InChI is InChI=1S/C11H15NO4/c1-15-10(12-11(13)14)8-16-7-9-5-3-2-4-6-9/h2-6,10,12H,7-8H2,1H3,(H,13,14). The summed E-state index contributed by atoms with van der Waals surface area (Å²) in [7, 11) is 1.42. The van der Waals surface area contributed by atoms with Crippen LogP contribution in [-0.4, -0.2) is 31.1 Å². The fourth-order valence-corrected chi connectivity index (χ4v) is 1.16. The van der Waals surface area contributed by atoms with E-state index >= 15 is 0 Å². The van der Waals surface area contributed by atoms with Crippen molar-refractivity contribution in [1.82, 2.24) is 5.32 Å². The van der Waals surface area contributed by atoms with Crippen molar-refractivity contribution >= 4 is 6.09 Å². The van der Waals surface area contributed by atoms with Crippen LogP contribution in [0, 0.1) is 0 Å². The minimum Gasteiger partial charge on any atom is -0.465 e. The summed E-state index contributed by atoms with van der Waals surface area (Å²) < 4.78 is 10.2. The third-order valence-corrected chi connectivity index (χ3v) is 1.95. The molecule has 0 bridgehead atoms. The number of ether oxygens (including phenoxy) is 2. The van der Waals surface area contributed by atoms with E-state index in [-0.39, 0.29) is 6.61 Å². The van der Waals surface area contributed by atoms with Gasteiger partial charge in [-0.05, 0) is 5.56 Å². The summed E-state index contributed by atoms with van der Waals surface area (Å²) in [5.74, 6) is 0. The maximum absolute atomic E-state index is 10.4. The Hall–Kier alpha value is -1.59. The molecule has 0 spiro atoms. The normalized spacial score (nSPS) is 12.1. The van der Waals surface area contributed by atoms with Crippen LogP contribution in [0.4, 0.5) is 4.79 Å². The van der Waals surface area contributed by atoms with Crippen LogP contribution in [0.1, 0.15) is 5.56 Å². The fraction of sp³-hybridized carbons (Fsp3) is 0.364. The van der Waals surface area contributed by atoms with Crippen LogP contribution in [0.2, 0.25) is 0 Å². The first-order valence-electron chi connectivity index (χ1n) is 4.86. The molecule has 1 aromatic carbocycles. The summed E-state index contributed by atoms with van der Waals surface area (Å²) >= 11 is 0. The molecule has 0 heterocycles. The third kappa shape index (κ3) is 4.77. The Bertz CT molecular complexity index is 315. The Morgan fingerprint density at radius 2 is 2.12 bits per heavy atom. The van der Waals surface area contributed by atoms with Crippen molar-refractivity contribution in [2.24, 2.45) is 0 Å². The highest BCUT2D eigenvalue weighted by Gasteiger charge is 2.09. The smallest absolute Gasteiger partial charge is 0.406 e. The Balaban J connectivity index is 2.26. The summed E-state index contributed by atoms with van der Waals surface area (Å²) in [6, 6.07) is 9.64. The number of hydrogen-bond acceptors (Lipinski definition) is 3. The molecular weight excluding hydrogens is 210 g/mol. The molecule has 2 N–H and O–H groups in total. The van der Waals surface area contributed by atoms with Gasteiger partial charge in [0.25, 0.3) is 0 Å². The van der Waals surface area contributed by atoms with Crippen molar-refractivity contribution in [1.29, 1.82) is 0 Å². The van der Waals surface area contributed by atoms with E-state index in [0.29, 0.717) is 6.61 Å². The molecule has 0 saturated heterocycles. The number of nitrogens with one attached hydrogen (secondary N) is 1. The monoisotopic (exact) mass is 225 g/mol. The lowest BCUT2D eigenvalue weighted by molar-refractivity contribution is -0.0125. The first kappa shape index (κ1) is 12.5. The maximum Gasteiger partial charge on any atom is 0.406 e. The number of amides is 1. The van der Waals surface area contributed by atoms with E-state index in [4.69, 9.17) is 14.6 Å². The highest BCUT2D eigenvalue weighted by Crippen LogP contribution is 2.01. The van der Waals surface area contributed by atoms with Crippen LogP contribution in [0.15, 0.2) is 30.3 Å². The highest BCUT2D eigenvalue weighted by atomic mass is 16.5. The van der Waals surface area contributed by atoms with Crippen molar-refractivity contribution in [3.8, 4) is 0 Å². The fourth-order valence-electron chi connectivity index (χ4n) is 1.16. The molecule has 0 aliphatic carbocycles. The number of carbonyl (C=O) groups is 1. The van der Waals surface area contributed by atoms with Crippen LogP contribution in [-0.2, 0) is 16.1 Å². The molecule has 1 atom stereocenters. The van der Waals surface area contributed by atoms with E-state index in [1.807, 2.05) is 30.3 Å². The van der Waals surface area contributed by atoms with Gasteiger partial charge >= 0.3 is 6.09 Å². The first-order chi connectivity index (χ1) is 7.72. The molecule has 0 aliphatic heterocycles. The van der Waals surface area contributed by atoms with Crippen molar-refractivity contribution < 1.29 is 19.4 Å². The molecule has 1 unspecified atom stereocenters. The molecule has 16 heavy (non-hydrogen) atoms. The molecule has 5 heteroatoms. The largest absolute Gasteiger partial charge is 0.465 e. The predicted octanol–water partition coefficient (Wildman–Crippen LogP) is 1.44. The Morgan fingerprint density at radius 3 is 2.69 bits per heavy atom. The minimum atomic E-state index is -1.13. The molecule has 5 nitrogen and oxygen atoms in total. The zero-order valence-corrected chi connectivity index (χ0v) is 9.05. The van der Waals surface area contributed by atoms with Gasteiger partial charge in [0.2, 0.25) is 0 Å². The second-order valence-corrected chi connectivity index (χ2v) is 3.17. The average Bonchev–Trinajstić information content (AvgIpc) is 2.28. The third-order valence-electron chi connectivity index (χ3n) is 1.95. The Morgan fingerprint density at radius 1 is 1.44 bits per heavy atom. The molecule has 0 radical (unpaired) electrons. The topological polar surface area (TPSA) is 67.8 Å². The molecule has 1 aromatic rings. The molecule has 0 aromatic heterocycles. The minimum absolute atomic E-state index is 0.178. The lowest BCUT2D eigenvalue weighted by Crippen LogP contribution is -2.38. The van der Waals surface area contributed by atoms with E-state index in [9.17, 15) is 4.79 Å². The summed E-state index contributed by atoms with van der Waals surface area (Å²) in [6.45, 7) is 0.611. The highest BCUT2D eigenvalue weighted by molar-refractivity contribution is 5.64. The van der Waals surface area contributed by atoms with E-state index in [2.05, 4.69) is 5.32 Å². The van der Waals surface area contributed by atoms with Crippen LogP contribution in [0.3, 0.4) is 0 Å². The maximum atomic E-state index is 10.4. The SMILES string of the molecule is COC(COCc1ccccc1)NC(=O)O. The van der Waals surface area contributed by atoms with Crippen LogP contribution in [0.25, 0.3) is 0 Å². The quantitative estimate of drug-likeness (QED) is 0.719. The van der Waals surface area contributed by atoms with Gasteiger partial charge in [-0.15, -0.1) is 0 Å². The summed E-state index contributed by atoms with van der Waals surface area (Å²) in [6.07, 6.45) is -1.77. The molecule has 0 aliphatic rings. The van der Waals surface area contributed by atoms with Gasteiger partial charge in [0.1, 0.15) is 0 Å². The molecule has 1 amide bonds. The number of hydrogen-bond donors (Lipinski definition) is 2. The van der Waals surface area contributed by atoms with E-state index < -0.39 is 12.3 Å². The second kappa shape index (κ2) is 6.81. The van der Waals surface area contributed by atoms with Gasteiger partial charge in [-0.3, -0.25) is 5.32 Å². The number of carboxylic acid groups (broad SMARTS) is 1. The number of benzene rings is 1. The second-order valence-electron chi connectivity index (χ2n) is 3.17. The first-order valence-corrected chi connectivity index (χ1v) is 4.86. The number of rotatable bonds is 6. The van der Waals surface area contributed by atoms with Crippen LogP contribution < -0.4 is 5.32 Å². The predicted molar refractivity (Wildman–Crippen MR) is 58.1 cm³/mol. The summed E-state index contributed by atoms with van der Waals surface area (Å²) in [5, 5.41) is 10.7. The van der Waals surface area contributed by atoms with Gasteiger partial charge in [0, 0.05) is 7.11 Å². The van der Waals surface area contributed by atoms with Crippen molar-refractivity contribution in [2.75, 3.05) is 13.7 Å². The summed E-state index contributed by atoms with van der Waals surface area (Å²) in [5.41, 5.74) is 1.03. The summed E-state index contributed by atoms with van der Waals surface area (Å²) in [4.78, 5) is 10.4. The van der Waals surface area contributed by atoms with Crippen molar-refractivity contribution in [3.63, 3.8) is 0 Å². The Labute approximate surface area is 94.0 Å². The Kier molecular flexibility index (Phi) is 5.31. The molecule has 0 saturated carbocycles. The van der Waals surface area contributed by atoms with E-state index in [1.165, 1.54) is 7.11 Å². The molecule has 1 rings (SSSR count). The van der Waals surface area contributed by atoms with Crippen LogP contribution >= 0.6 is 0 Å². The zero-order chi connectivity index (χ0) is 11.8. The number of methoxy groups -OCH3 is 1. The lowest BCUT2D eigenvalue weighted by atomic mass is 10.2. The van der Waals surface area contributed by atoms with Gasteiger partial charge in [0.15, 0.2) is 6.23 Å². The van der Waals surface area contributed by atoms with Crippen LogP contribution in [0.5, 0.6) is 0 Å². The average molecular weight is 225 g/mol. The van der Waals surface area contributed by atoms with Gasteiger partial charge in [-0.2, -0.15) is 0 Å². The van der Waals surface area contributed by atoms with Gasteiger partial charge in [0.05, 0.1) is 13.2 Å². The van der Waals surface area contributed by atoms with E-state index in [1.54, 1.807) is 0 Å². The zero-order valence-electron chi connectivity index (χ0n) is 9.05. The molecule has 0 fully saturated rings. The molecular formula is C11H15NO4.